The topological polar surface area (TPSA) is 39.3 Å². The van der Waals surface area contributed by atoms with Crippen LogP contribution < -0.4 is 4.90 Å². The number of carbonyl (C=O) groups excluding carboxylic acids is 1. The fraction of sp³-hybridized carbons (Fsp3) is 0.286. The predicted octanol–water partition coefficient (Wildman–Crippen LogP) is 4.40. The summed E-state index contributed by atoms with van der Waals surface area (Å²) in [5, 5.41) is 1.59. The van der Waals surface area contributed by atoms with Crippen LogP contribution in [0.5, 0.6) is 0 Å². The number of halogens is 1. The zero-order valence-corrected chi connectivity index (χ0v) is 15.8. The number of aryl methyl sites for hydroxylation is 1. The molecule has 2 heterocycles. The van der Waals surface area contributed by atoms with Gasteiger partial charge >= 0.3 is 0 Å². The minimum absolute atomic E-state index is 0.0826. The first-order chi connectivity index (χ1) is 12.5. The fourth-order valence-electron chi connectivity index (χ4n) is 3.67. The van der Waals surface area contributed by atoms with Crippen molar-refractivity contribution in [3.8, 4) is 0 Å². The van der Waals surface area contributed by atoms with Gasteiger partial charge in [-0.15, -0.1) is 0 Å². The largest absolute Gasteiger partial charge is 0.368 e. The number of benzene rings is 2. The summed E-state index contributed by atoms with van der Waals surface area (Å²) in [5.74, 6) is 0.0826. The van der Waals surface area contributed by atoms with Crippen molar-refractivity contribution in [2.24, 2.45) is 0 Å². The summed E-state index contributed by atoms with van der Waals surface area (Å²) in [5.41, 5.74) is 5.52. The second kappa shape index (κ2) is 6.69. The van der Waals surface area contributed by atoms with Crippen molar-refractivity contribution < 1.29 is 4.79 Å². The Labute approximate surface area is 158 Å². The molecule has 3 aromatic rings. The van der Waals surface area contributed by atoms with Crippen LogP contribution in [0.2, 0.25) is 5.02 Å². The average molecular weight is 368 g/mol. The van der Waals surface area contributed by atoms with Crippen LogP contribution in [0.1, 0.15) is 21.5 Å². The van der Waals surface area contributed by atoms with Gasteiger partial charge in [-0.2, -0.15) is 0 Å². The van der Waals surface area contributed by atoms with Crippen LogP contribution in [0.25, 0.3) is 10.9 Å². The molecular formula is C21H22ClN3O. The van der Waals surface area contributed by atoms with Crippen LogP contribution in [0.3, 0.4) is 0 Å². The molecule has 0 aliphatic carbocycles. The highest BCUT2D eigenvalue weighted by Crippen LogP contribution is 2.26. The number of anilines is 1. The van der Waals surface area contributed by atoms with Gasteiger partial charge in [0.15, 0.2) is 0 Å². The highest BCUT2D eigenvalue weighted by atomic mass is 35.5. The van der Waals surface area contributed by atoms with E-state index in [2.05, 4.69) is 41.9 Å². The molecule has 0 spiro atoms. The Hall–Kier alpha value is -2.46. The second-order valence-electron chi connectivity index (χ2n) is 6.89. The molecule has 5 heteroatoms. The van der Waals surface area contributed by atoms with E-state index in [0.717, 1.165) is 42.6 Å². The molecule has 1 fully saturated rings. The van der Waals surface area contributed by atoms with Crippen molar-refractivity contribution in [3.63, 3.8) is 0 Å². The third kappa shape index (κ3) is 2.95. The molecule has 1 aliphatic heterocycles. The number of rotatable bonds is 2. The number of aromatic nitrogens is 1. The molecular weight excluding hydrogens is 346 g/mol. The maximum absolute atomic E-state index is 13.0. The van der Waals surface area contributed by atoms with Gasteiger partial charge < -0.3 is 14.8 Å². The van der Waals surface area contributed by atoms with Crippen LogP contribution in [-0.4, -0.2) is 42.0 Å². The third-order valence-corrected chi connectivity index (χ3v) is 5.59. The number of H-pyrrole nitrogens is 1. The molecule has 2 aromatic carbocycles. The van der Waals surface area contributed by atoms with E-state index in [1.165, 1.54) is 16.8 Å². The van der Waals surface area contributed by atoms with Crippen molar-refractivity contribution in [2.45, 2.75) is 13.8 Å². The lowest BCUT2D eigenvalue weighted by Gasteiger charge is -2.37. The van der Waals surface area contributed by atoms with Crippen LogP contribution in [0.15, 0.2) is 42.6 Å². The van der Waals surface area contributed by atoms with Crippen LogP contribution in [0, 0.1) is 13.8 Å². The predicted molar refractivity (Wildman–Crippen MR) is 107 cm³/mol. The van der Waals surface area contributed by atoms with E-state index in [-0.39, 0.29) is 5.91 Å². The molecule has 134 valence electrons. The summed E-state index contributed by atoms with van der Waals surface area (Å²) >= 11 is 6.03. The summed E-state index contributed by atoms with van der Waals surface area (Å²) < 4.78 is 0. The number of aromatic amines is 1. The number of nitrogens with zero attached hydrogens (tertiary/aromatic N) is 2. The summed E-state index contributed by atoms with van der Waals surface area (Å²) in [6, 6.07) is 12.0. The number of hydrogen-bond donors (Lipinski definition) is 1. The number of piperazine rings is 1. The lowest BCUT2D eigenvalue weighted by molar-refractivity contribution is 0.0749. The van der Waals surface area contributed by atoms with Gasteiger partial charge in [0.2, 0.25) is 0 Å². The van der Waals surface area contributed by atoms with E-state index in [4.69, 9.17) is 11.6 Å². The molecule has 0 radical (unpaired) electrons. The molecule has 0 saturated carbocycles. The lowest BCUT2D eigenvalue weighted by Crippen LogP contribution is -2.49. The first-order valence-electron chi connectivity index (χ1n) is 8.91. The molecule has 0 bridgehead atoms. The summed E-state index contributed by atoms with van der Waals surface area (Å²) in [6.45, 7) is 7.47. The Balaban J connectivity index is 1.50. The zero-order chi connectivity index (χ0) is 18.3. The molecule has 1 aromatic heterocycles. The molecule has 26 heavy (non-hydrogen) atoms. The maximum atomic E-state index is 13.0. The first kappa shape index (κ1) is 17.0. The number of hydrogen-bond acceptors (Lipinski definition) is 2. The van der Waals surface area contributed by atoms with E-state index in [0.29, 0.717) is 5.02 Å². The number of carbonyl (C=O) groups is 1. The van der Waals surface area contributed by atoms with E-state index < -0.39 is 0 Å². The standard InChI is InChI=1S/C21H22ClN3O/c1-14-4-3-5-20(15(14)2)24-8-10-25(11-9-24)21(26)18-13-23-19-12-16(22)6-7-17(18)19/h3-7,12-13,23H,8-11H2,1-2H3. The van der Waals surface area contributed by atoms with Gasteiger partial charge in [0.05, 0.1) is 5.56 Å². The Morgan fingerprint density at radius 3 is 2.62 bits per heavy atom. The molecule has 0 atom stereocenters. The van der Waals surface area contributed by atoms with E-state index >= 15 is 0 Å². The SMILES string of the molecule is Cc1cccc(N2CCN(C(=O)c3c[nH]c4cc(Cl)ccc34)CC2)c1C. The van der Waals surface area contributed by atoms with Gasteiger partial charge in [-0.3, -0.25) is 4.79 Å². The van der Waals surface area contributed by atoms with Crippen LogP contribution in [0.4, 0.5) is 5.69 Å². The van der Waals surface area contributed by atoms with Crippen molar-refractivity contribution in [3.05, 3.63) is 64.3 Å². The number of amides is 1. The average Bonchev–Trinajstić information content (AvgIpc) is 3.06. The smallest absolute Gasteiger partial charge is 0.256 e. The Morgan fingerprint density at radius 2 is 1.85 bits per heavy atom. The van der Waals surface area contributed by atoms with Gasteiger partial charge in [0.25, 0.3) is 5.91 Å². The summed E-state index contributed by atoms with van der Waals surface area (Å²) in [7, 11) is 0. The lowest BCUT2D eigenvalue weighted by atomic mass is 10.1. The van der Waals surface area contributed by atoms with Gasteiger partial charge in [0.1, 0.15) is 0 Å². The first-order valence-corrected chi connectivity index (χ1v) is 9.29. The fourth-order valence-corrected chi connectivity index (χ4v) is 3.85. The van der Waals surface area contributed by atoms with Crippen LogP contribution >= 0.6 is 11.6 Å². The Morgan fingerprint density at radius 1 is 1.08 bits per heavy atom. The van der Waals surface area contributed by atoms with E-state index in [1.54, 1.807) is 6.20 Å². The molecule has 1 saturated heterocycles. The zero-order valence-electron chi connectivity index (χ0n) is 15.1. The van der Waals surface area contributed by atoms with Crippen molar-refractivity contribution in [1.82, 2.24) is 9.88 Å². The molecule has 4 nitrogen and oxygen atoms in total. The van der Waals surface area contributed by atoms with Gasteiger partial charge in [0, 0.05) is 54.0 Å². The van der Waals surface area contributed by atoms with Crippen molar-refractivity contribution in [2.75, 3.05) is 31.1 Å². The number of nitrogens with one attached hydrogen (secondary N) is 1. The van der Waals surface area contributed by atoms with Crippen molar-refractivity contribution in [1.29, 1.82) is 0 Å². The van der Waals surface area contributed by atoms with E-state index in [1.807, 2.05) is 23.1 Å². The molecule has 1 amide bonds. The van der Waals surface area contributed by atoms with Crippen molar-refractivity contribution >= 4 is 34.1 Å². The van der Waals surface area contributed by atoms with E-state index in [9.17, 15) is 4.79 Å². The minimum Gasteiger partial charge on any atom is -0.368 e. The highest BCUT2D eigenvalue weighted by Gasteiger charge is 2.24. The minimum atomic E-state index is 0.0826. The Bertz CT molecular complexity index is 971. The molecule has 1 aliphatic rings. The van der Waals surface area contributed by atoms with Gasteiger partial charge in [-0.25, -0.2) is 0 Å². The summed E-state index contributed by atoms with van der Waals surface area (Å²) in [4.78, 5) is 20.5. The molecule has 1 N–H and O–H groups in total. The normalized spacial score (nSPS) is 14.9. The monoisotopic (exact) mass is 367 g/mol. The highest BCUT2D eigenvalue weighted by molar-refractivity contribution is 6.31. The maximum Gasteiger partial charge on any atom is 0.256 e. The Kier molecular flexibility index (Phi) is 4.37. The quantitative estimate of drug-likeness (QED) is 0.729. The summed E-state index contributed by atoms with van der Waals surface area (Å²) in [6.07, 6.45) is 1.79. The van der Waals surface area contributed by atoms with Gasteiger partial charge in [-0.05, 0) is 43.2 Å². The second-order valence-corrected chi connectivity index (χ2v) is 7.33. The molecule has 4 rings (SSSR count). The number of fused-ring (bicyclic) bond motifs is 1. The van der Waals surface area contributed by atoms with Crippen LogP contribution in [-0.2, 0) is 0 Å². The third-order valence-electron chi connectivity index (χ3n) is 5.36. The van der Waals surface area contributed by atoms with Gasteiger partial charge in [-0.1, -0.05) is 29.8 Å². The molecule has 0 unspecified atom stereocenters.